The molecule has 8 heteroatoms. The number of sulfonamides is 1. The fraction of sp³-hybridized carbons (Fsp3) is 0.263. The first-order valence-corrected chi connectivity index (χ1v) is 11.0. The first-order chi connectivity index (χ1) is 13.0. The Kier molecular flexibility index (Phi) is 6.30. The molecular weight excluding hydrogens is 380 g/mol. The van der Waals surface area contributed by atoms with Gasteiger partial charge in [0.25, 0.3) is 0 Å². The van der Waals surface area contributed by atoms with Crippen LogP contribution in [-0.2, 0) is 17.1 Å². The number of benzene rings is 2. The van der Waals surface area contributed by atoms with Crippen LogP contribution >= 0.6 is 11.8 Å². The molecule has 3 aromatic rings. The maximum Gasteiger partial charge on any atom is 0.241 e. The molecule has 0 aliphatic rings. The second-order valence-electron chi connectivity index (χ2n) is 6.26. The van der Waals surface area contributed by atoms with Gasteiger partial charge in [0.2, 0.25) is 10.0 Å². The normalized spacial score (nSPS) is 12.8. The first-order valence-electron chi connectivity index (χ1n) is 8.56. The number of hydrogen-bond donors (Lipinski definition) is 1. The number of thioether (sulfide) groups is 1. The average Bonchev–Trinajstić information content (AvgIpc) is 3.07. The zero-order valence-electron chi connectivity index (χ0n) is 15.2. The van der Waals surface area contributed by atoms with Gasteiger partial charge in [-0.05, 0) is 31.0 Å². The molecule has 142 valence electrons. The number of aromatic nitrogens is 3. The summed E-state index contributed by atoms with van der Waals surface area (Å²) < 4.78 is 30.4. The van der Waals surface area contributed by atoms with E-state index in [9.17, 15) is 8.42 Å². The minimum atomic E-state index is -3.61. The summed E-state index contributed by atoms with van der Waals surface area (Å²) in [6.07, 6.45) is 2.28. The van der Waals surface area contributed by atoms with Crippen LogP contribution in [0.25, 0.3) is 0 Å². The van der Waals surface area contributed by atoms with E-state index in [4.69, 9.17) is 0 Å². The molecule has 3 rings (SSSR count). The Balaban J connectivity index is 1.75. The highest BCUT2D eigenvalue weighted by Crippen LogP contribution is 2.24. The van der Waals surface area contributed by atoms with Crippen molar-refractivity contribution in [1.29, 1.82) is 0 Å². The number of nitrogens with zero attached hydrogens (tertiary/aromatic N) is 3. The Bertz CT molecular complexity index is 970. The minimum Gasteiger partial charge on any atom is -0.312 e. The van der Waals surface area contributed by atoms with E-state index in [2.05, 4.69) is 14.9 Å². The molecule has 0 saturated carbocycles. The molecule has 2 aromatic carbocycles. The third-order valence-corrected chi connectivity index (χ3v) is 6.69. The summed E-state index contributed by atoms with van der Waals surface area (Å²) in [6, 6.07) is 16.2. The molecule has 1 N–H and O–H groups in total. The van der Waals surface area contributed by atoms with Crippen molar-refractivity contribution in [3.8, 4) is 0 Å². The molecule has 0 saturated heterocycles. The number of rotatable bonds is 8. The lowest BCUT2D eigenvalue weighted by atomic mass is 10.1. The summed E-state index contributed by atoms with van der Waals surface area (Å²) in [4.78, 5) is 0.273. The SMILES string of the molecule is Cc1ccc(S(=O)(=O)NC(CCSc2nncn2C)c2ccccc2)cc1. The smallest absolute Gasteiger partial charge is 0.241 e. The molecule has 0 aliphatic carbocycles. The van der Waals surface area contributed by atoms with E-state index in [0.29, 0.717) is 12.2 Å². The van der Waals surface area contributed by atoms with Crippen LogP contribution in [0.2, 0.25) is 0 Å². The van der Waals surface area contributed by atoms with Crippen LogP contribution in [0.15, 0.2) is 71.0 Å². The van der Waals surface area contributed by atoms with E-state index in [1.807, 2.05) is 48.9 Å². The third kappa shape index (κ3) is 5.18. The van der Waals surface area contributed by atoms with Crippen LogP contribution in [0.4, 0.5) is 0 Å². The lowest BCUT2D eigenvalue weighted by Crippen LogP contribution is -2.29. The molecule has 1 aromatic heterocycles. The summed E-state index contributed by atoms with van der Waals surface area (Å²) in [5.41, 5.74) is 1.96. The van der Waals surface area contributed by atoms with E-state index < -0.39 is 10.0 Å². The van der Waals surface area contributed by atoms with Crippen LogP contribution in [0, 0.1) is 6.92 Å². The van der Waals surface area contributed by atoms with Gasteiger partial charge in [0.05, 0.1) is 4.90 Å². The van der Waals surface area contributed by atoms with Gasteiger partial charge in [0.1, 0.15) is 6.33 Å². The van der Waals surface area contributed by atoms with Gasteiger partial charge in [-0.25, -0.2) is 13.1 Å². The standard InChI is InChI=1S/C19H22N4O2S2/c1-15-8-10-17(11-9-15)27(24,25)22-18(16-6-4-3-5-7-16)12-13-26-19-21-20-14-23(19)2/h3-11,14,18,22H,12-13H2,1-2H3. The summed E-state index contributed by atoms with van der Waals surface area (Å²) in [5.74, 6) is 0.711. The molecule has 0 amide bonds. The Morgan fingerprint density at radius 2 is 1.81 bits per heavy atom. The first kappa shape index (κ1) is 19.6. The largest absolute Gasteiger partial charge is 0.312 e. The maximum atomic E-state index is 12.8. The van der Waals surface area contributed by atoms with Gasteiger partial charge in [0, 0.05) is 18.8 Å². The highest BCUT2D eigenvalue weighted by atomic mass is 32.2. The third-order valence-electron chi connectivity index (χ3n) is 4.14. The summed E-state index contributed by atoms with van der Waals surface area (Å²) in [6.45, 7) is 1.93. The van der Waals surface area contributed by atoms with Crippen molar-refractivity contribution in [2.24, 2.45) is 7.05 Å². The van der Waals surface area contributed by atoms with Crippen LogP contribution in [0.5, 0.6) is 0 Å². The fourth-order valence-corrected chi connectivity index (χ4v) is 4.77. The molecule has 1 unspecified atom stereocenters. The second-order valence-corrected chi connectivity index (χ2v) is 9.04. The second kappa shape index (κ2) is 8.69. The van der Waals surface area contributed by atoms with Crippen molar-refractivity contribution in [2.45, 2.75) is 29.4 Å². The van der Waals surface area contributed by atoms with Gasteiger partial charge >= 0.3 is 0 Å². The molecule has 0 aliphatic heterocycles. The van der Waals surface area contributed by atoms with Crippen molar-refractivity contribution in [3.05, 3.63) is 72.1 Å². The predicted molar refractivity (Wildman–Crippen MR) is 107 cm³/mol. The van der Waals surface area contributed by atoms with Crippen molar-refractivity contribution < 1.29 is 8.42 Å². The Morgan fingerprint density at radius 3 is 2.44 bits per heavy atom. The highest BCUT2D eigenvalue weighted by molar-refractivity contribution is 7.99. The average molecular weight is 403 g/mol. The zero-order valence-corrected chi connectivity index (χ0v) is 16.9. The lowest BCUT2D eigenvalue weighted by molar-refractivity contribution is 0.551. The molecule has 0 bridgehead atoms. The Labute approximate surface area is 164 Å². The van der Waals surface area contributed by atoms with Gasteiger partial charge in [-0.1, -0.05) is 59.8 Å². The van der Waals surface area contributed by atoms with E-state index in [1.54, 1.807) is 42.4 Å². The van der Waals surface area contributed by atoms with Crippen molar-refractivity contribution in [3.63, 3.8) is 0 Å². The summed E-state index contributed by atoms with van der Waals surface area (Å²) in [5, 5.41) is 8.73. The van der Waals surface area contributed by atoms with Gasteiger partial charge in [-0.3, -0.25) is 0 Å². The molecule has 0 radical (unpaired) electrons. The number of aryl methyl sites for hydroxylation is 2. The van der Waals surface area contributed by atoms with Crippen molar-refractivity contribution in [2.75, 3.05) is 5.75 Å². The van der Waals surface area contributed by atoms with Crippen LogP contribution < -0.4 is 4.72 Å². The topological polar surface area (TPSA) is 76.9 Å². The molecule has 6 nitrogen and oxygen atoms in total. The molecule has 27 heavy (non-hydrogen) atoms. The van der Waals surface area contributed by atoms with Crippen LogP contribution in [-0.4, -0.2) is 28.9 Å². The molecule has 0 spiro atoms. The quantitative estimate of drug-likeness (QED) is 0.585. The van der Waals surface area contributed by atoms with E-state index in [-0.39, 0.29) is 10.9 Å². The Morgan fingerprint density at radius 1 is 1.11 bits per heavy atom. The minimum absolute atomic E-state index is 0.273. The van der Waals surface area contributed by atoms with Gasteiger partial charge in [0.15, 0.2) is 5.16 Å². The molecule has 1 atom stereocenters. The van der Waals surface area contributed by atoms with E-state index in [0.717, 1.165) is 16.3 Å². The zero-order chi connectivity index (χ0) is 19.3. The molecular formula is C19H22N4O2S2. The van der Waals surface area contributed by atoms with E-state index >= 15 is 0 Å². The maximum absolute atomic E-state index is 12.8. The van der Waals surface area contributed by atoms with Crippen molar-refractivity contribution >= 4 is 21.8 Å². The van der Waals surface area contributed by atoms with E-state index in [1.165, 1.54) is 0 Å². The fourth-order valence-electron chi connectivity index (χ4n) is 2.62. The number of hydrogen-bond acceptors (Lipinski definition) is 5. The summed E-state index contributed by atoms with van der Waals surface area (Å²) in [7, 11) is -1.72. The summed E-state index contributed by atoms with van der Waals surface area (Å²) >= 11 is 1.56. The number of nitrogens with one attached hydrogen (secondary N) is 1. The van der Waals surface area contributed by atoms with Gasteiger partial charge in [-0.15, -0.1) is 10.2 Å². The van der Waals surface area contributed by atoms with Crippen LogP contribution in [0.1, 0.15) is 23.6 Å². The monoisotopic (exact) mass is 402 g/mol. The molecule has 0 fully saturated rings. The highest BCUT2D eigenvalue weighted by Gasteiger charge is 2.21. The van der Waals surface area contributed by atoms with Crippen molar-refractivity contribution in [1.82, 2.24) is 19.5 Å². The lowest BCUT2D eigenvalue weighted by Gasteiger charge is -2.19. The molecule has 1 heterocycles. The Hall–Kier alpha value is -2.16. The van der Waals surface area contributed by atoms with Gasteiger partial charge in [-0.2, -0.15) is 0 Å². The van der Waals surface area contributed by atoms with Crippen LogP contribution in [0.3, 0.4) is 0 Å². The predicted octanol–water partition coefficient (Wildman–Crippen LogP) is 3.33. The van der Waals surface area contributed by atoms with Gasteiger partial charge < -0.3 is 4.57 Å².